The van der Waals surface area contributed by atoms with Crippen LogP contribution in [0.15, 0.2) is 48.8 Å². The van der Waals surface area contributed by atoms with Crippen LogP contribution in [0.25, 0.3) is 16.7 Å². The van der Waals surface area contributed by atoms with Crippen molar-refractivity contribution in [3.63, 3.8) is 0 Å². The molecule has 0 fully saturated rings. The van der Waals surface area contributed by atoms with Crippen molar-refractivity contribution in [2.75, 3.05) is 12.1 Å². The predicted octanol–water partition coefficient (Wildman–Crippen LogP) is 5.08. The van der Waals surface area contributed by atoms with E-state index in [-0.39, 0.29) is 12.1 Å². The van der Waals surface area contributed by atoms with E-state index in [9.17, 15) is 4.79 Å². The molecule has 3 aromatic rings. The van der Waals surface area contributed by atoms with Crippen LogP contribution in [0.1, 0.15) is 38.7 Å². The Kier molecular flexibility index (Phi) is 7.05. The molecule has 0 saturated heterocycles. The van der Waals surface area contributed by atoms with Gasteiger partial charge in [0, 0.05) is 23.9 Å². The molecule has 174 valence electrons. The number of carbonyl (C=O) groups excluding carboxylic acids is 1. The first-order valence-electron chi connectivity index (χ1n) is 10.9. The molecule has 0 unspecified atom stereocenters. The molecule has 4 rings (SSSR count). The van der Waals surface area contributed by atoms with Crippen LogP contribution in [-0.2, 0) is 20.9 Å². The lowest BCUT2D eigenvalue weighted by Gasteiger charge is -2.14. The van der Waals surface area contributed by atoms with E-state index in [0.717, 1.165) is 41.5 Å². The molecule has 33 heavy (non-hydrogen) atoms. The van der Waals surface area contributed by atoms with Crippen molar-refractivity contribution < 1.29 is 19.1 Å². The molecule has 0 amide bonds. The molecule has 0 aliphatic carbocycles. The Morgan fingerprint density at radius 2 is 2.09 bits per heavy atom. The zero-order chi connectivity index (χ0) is 23.4. The zero-order valence-electron chi connectivity index (χ0n) is 18.9. The Labute approximate surface area is 197 Å². The van der Waals surface area contributed by atoms with Crippen LogP contribution >= 0.6 is 11.6 Å². The number of fused-ring (bicyclic) bond motifs is 1. The van der Waals surface area contributed by atoms with Gasteiger partial charge in [0.25, 0.3) is 0 Å². The third-order valence-electron chi connectivity index (χ3n) is 5.23. The van der Waals surface area contributed by atoms with Gasteiger partial charge in [-0.3, -0.25) is 9.48 Å². The molecule has 2 aromatic carbocycles. The summed E-state index contributed by atoms with van der Waals surface area (Å²) in [5.74, 6) is 1.09. The first-order valence-corrected chi connectivity index (χ1v) is 11.3. The fraction of sp³-hybridized carbons (Fsp3) is 0.333. The molecule has 0 saturated carbocycles. The van der Waals surface area contributed by atoms with Gasteiger partial charge in [-0.05, 0) is 57.0 Å². The van der Waals surface area contributed by atoms with E-state index in [1.807, 2.05) is 72.3 Å². The van der Waals surface area contributed by atoms with Gasteiger partial charge in [0.2, 0.25) is 0 Å². The normalized spacial score (nSPS) is 13.4. The van der Waals surface area contributed by atoms with Gasteiger partial charge < -0.3 is 14.3 Å². The van der Waals surface area contributed by atoms with E-state index in [2.05, 4.69) is 10.7 Å². The number of rotatable bonds is 9. The maximum absolute atomic E-state index is 11.3. The lowest BCUT2D eigenvalue weighted by atomic mass is 10.2. The van der Waals surface area contributed by atoms with Crippen LogP contribution in [-0.4, -0.2) is 29.0 Å². The molecule has 0 atom stereocenters. The van der Waals surface area contributed by atoms with Gasteiger partial charge in [0.05, 0.1) is 41.8 Å². The summed E-state index contributed by atoms with van der Waals surface area (Å²) in [6.45, 7) is 4.64. The lowest BCUT2D eigenvalue weighted by Crippen LogP contribution is -2.27. The minimum Gasteiger partial charge on any atom is -0.489 e. The first-order chi connectivity index (χ1) is 16.0. The van der Waals surface area contributed by atoms with E-state index in [1.165, 1.54) is 7.11 Å². The lowest BCUT2D eigenvalue weighted by molar-refractivity contribution is -0.140. The van der Waals surface area contributed by atoms with E-state index < -0.39 is 0 Å². The smallest absolute Gasteiger partial charge is 0.305 e. The average molecular weight is 471 g/mol. The molecule has 1 N–H and O–H groups in total. The number of carbonyl (C=O) groups is 1. The number of hydrogen-bond acceptors (Lipinski definition) is 7. The molecular weight excluding hydrogens is 444 g/mol. The summed E-state index contributed by atoms with van der Waals surface area (Å²) < 4.78 is 12.3. The molecule has 1 aromatic heterocycles. The highest BCUT2D eigenvalue weighted by Crippen LogP contribution is 2.33. The number of hydrogen-bond donors (Lipinski definition) is 1. The highest BCUT2D eigenvalue weighted by atomic mass is 35.5. The van der Waals surface area contributed by atoms with Crippen molar-refractivity contribution in [3.8, 4) is 5.75 Å². The minimum atomic E-state index is -0.186. The van der Waals surface area contributed by atoms with Crippen LogP contribution in [0.3, 0.4) is 0 Å². The maximum Gasteiger partial charge on any atom is 0.305 e. The Morgan fingerprint density at radius 3 is 2.85 bits per heavy atom. The number of hydrazine groups is 1. The third-order valence-corrected chi connectivity index (χ3v) is 5.53. The zero-order valence-corrected chi connectivity index (χ0v) is 19.6. The van der Waals surface area contributed by atoms with Gasteiger partial charge in [0.1, 0.15) is 5.75 Å². The monoisotopic (exact) mass is 470 g/mol. The van der Waals surface area contributed by atoms with Crippen LogP contribution in [0.5, 0.6) is 5.75 Å². The summed E-state index contributed by atoms with van der Waals surface area (Å²) in [6, 6.07) is 11.6. The second-order valence-corrected chi connectivity index (χ2v) is 8.39. The number of aromatic nitrogens is 2. The molecule has 8 nitrogen and oxygen atoms in total. The van der Waals surface area contributed by atoms with Crippen molar-refractivity contribution in [2.45, 2.75) is 45.8 Å². The highest BCUT2D eigenvalue weighted by Gasteiger charge is 2.20. The average Bonchev–Trinajstić information content (AvgIpc) is 3.45. The largest absolute Gasteiger partial charge is 0.489 e. The topological polar surface area (TPSA) is 77.9 Å². The molecular formula is C24H27ClN4O4. The number of nitrogens with one attached hydrogen (secondary N) is 1. The fourth-order valence-corrected chi connectivity index (χ4v) is 3.86. The predicted molar refractivity (Wildman–Crippen MR) is 127 cm³/mol. The molecule has 0 radical (unpaired) electrons. The second-order valence-electron chi connectivity index (χ2n) is 7.98. The Hall–Kier alpha value is -3.23. The Morgan fingerprint density at radius 1 is 1.24 bits per heavy atom. The number of ether oxygens (including phenoxy) is 2. The van der Waals surface area contributed by atoms with Crippen molar-refractivity contribution in [2.24, 2.45) is 0 Å². The molecule has 9 heteroatoms. The third kappa shape index (κ3) is 5.23. The van der Waals surface area contributed by atoms with Crippen molar-refractivity contribution in [3.05, 3.63) is 59.4 Å². The number of unbranched alkanes of at least 4 members (excludes halogenated alkanes) is 1. The van der Waals surface area contributed by atoms with Gasteiger partial charge in [-0.25, -0.2) is 5.01 Å². The van der Waals surface area contributed by atoms with E-state index in [0.29, 0.717) is 23.0 Å². The van der Waals surface area contributed by atoms with Crippen molar-refractivity contribution in [1.82, 2.24) is 15.4 Å². The fourth-order valence-electron chi connectivity index (χ4n) is 3.63. The van der Waals surface area contributed by atoms with Crippen LogP contribution in [0.2, 0.25) is 5.02 Å². The van der Waals surface area contributed by atoms with Gasteiger partial charge >= 0.3 is 5.97 Å². The standard InChI is InChI=1S/C24H27ClN4O4/c1-16(2)32-22-11-10-17(13-19(22)25)23-15-29(27-33-23)21-8-6-7-20-18(21)14-26-28(20)12-5-4-9-24(30)31-3/h6-8,10-11,13-16,27H,4-5,9,12H2,1-3H3. The van der Waals surface area contributed by atoms with E-state index in [1.54, 1.807) is 0 Å². The summed E-state index contributed by atoms with van der Waals surface area (Å²) in [6.07, 6.45) is 5.76. The number of nitrogens with zero attached hydrogens (tertiary/aromatic N) is 3. The minimum absolute atomic E-state index is 0.0432. The van der Waals surface area contributed by atoms with Crippen LogP contribution < -0.4 is 15.3 Å². The molecule has 0 spiro atoms. The highest BCUT2D eigenvalue weighted by molar-refractivity contribution is 6.32. The van der Waals surface area contributed by atoms with Gasteiger partial charge in [-0.15, -0.1) is 0 Å². The number of esters is 1. The number of halogens is 1. The molecule has 1 aliphatic heterocycles. The van der Waals surface area contributed by atoms with E-state index in [4.69, 9.17) is 25.9 Å². The van der Waals surface area contributed by atoms with Gasteiger partial charge in [-0.1, -0.05) is 23.3 Å². The van der Waals surface area contributed by atoms with E-state index >= 15 is 0 Å². The number of benzene rings is 2. The van der Waals surface area contributed by atoms with Crippen LogP contribution in [0, 0.1) is 0 Å². The number of anilines is 1. The number of methoxy groups -OCH3 is 1. The quantitative estimate of drug-likeness (QED) is 0.345. The van der Waals surface area contributed by atoms with Gasteiger partial charge in [-0.2, -0.15) is 5.10 Å². The molecule has 1 aliphatic rings. The van der Waals surface area contributed by atoms with Gasteiger partial charge in [0.15, 0.2) is 5.76 Å². The summed E-state index contributed by atoms with van der Waals surface area (Å²) >= 11 is 6.39. The second kappa shape index (κ2) is 10.1. The molecule has 2 heterocycles. The summed E-state index contributed by atoms with van der Waals surface area (Å²) in [7, 11) is 1.41. The van der Waals surface area contributed by atoms with Crippen molar-refractivity contribution >= 4 is 39.9 Å². The maximum atomic E-state index is 11.3. The Balaban J connectivity index is 1.50. The number of aryl methyl sites for hydroxylation is 1. The molecule has 0 bridgehead atoms. The van der Waals surface area contributed by atoms with Crippen molar-refractivity contribution in [1.29, 1.82) is 0 Å². The SMILES string of the molecule is COC(=O)CCCCn1ncc2c(N3C=C(c4ccc(OC(C)C)c(Cl)c4)ON3)cccc21. The first kappa shape index (κ1) is 22.9. The summed E-state index contributed by atoms with van der Waals surface area (Å²) in [5, 5.41) is 7.86. The Bertz CT molecular complexity index is 1170. The van der Waals surface area contributed by atoms with Crippen LogP contribution in [0.4, 0.5) is 5.69 Å². The summed E-state index contributed by atoms with van der Waals surface area (Å²) in [5.41, 5.74) is 5.69. The summed E-state index contributed by atoms with van der Waals surface area (Å²) in [4.78, 5) is 17.0.